The third-order valence-corrected chi connectivity index (χ3v) is 10.7. The second kappa shape index (κ2) is 24.3. The number of ether oxygens (including phenoxy) is 9. The molecule has 0 unspecified atom stereocenters. The van der Waals surface area contributed by atoms with Crippen LogP contribution in [0.4, 0.5) is 0 Å². The van der Waals surface area contributed by atoms with Gasteiger partial charge in [0.25, 0.3) is 23.7 Å². The van der Waals surface area contributed by atoms with Crippen LogP contribution in [0, 0.1) is 0 Å². The van der Waals surface area contributed by atoms with Crippen molar-refractivity contribution in [3.8, 4) is 51.7 Å². The van der Waals surface area contributed by atoms with Crippen molar-refractivity contribution in [2.45, 2.75) is 19.6 Å². The molecule has 0 spiro atoms. The van der Waals surface area contributed by atoms with E-state index in [9.17, 15) is 0 Å². The molecule has 0 radical (unpaired) electrons. The highest BCUT2D eigenvalue weighted by atomic mass is 16.5. The molecule has 18 nitrogen and oxygen atoms in total. The number of guanidine groups is 1. The van der Waals surface area contributed by atoms with Gasteiger partial charge in [-0.2, -0.15) is 0 Å². The number of carbonyl (C=O) groups excluding carboxylic acids is 3. The number of amides is 3. The van der Waals surface area contributed by atoms with Crippen molar-refractivity contribution in [2.75, 3.05) is 64.0 Å². The highest BCUT2D eigenvalue weighted by molar-refractivity contribution is 6.00. The van der Waals surface area contributed by atoms with Crippen molar-refractivity contribution in [2.24, 2.45) is 5.10 Å². The van der Waals surface area contributed by atoms with Crippen LogP contribution in [0.2, 0.25) is 0 Å². The molecule has 0 saturated carbocycles. The maximum absolute atomic E-state index is 15.1. The molecule has 0 fully saturated rings. The number of nitrogens with zero attached hydrogens (tertiary/aromatic N) is 4. The predicted octanol–water partition coefficient (Wildman–Crippen LogP) is 7.37. The Hall–Kier alpha value is -8.80. The van der Waals surface area contributed by atoms with Crippen LogP contribution < -0.4 is 53.5 Å². The quantitative estimate of drug-likeness (QED) is 0.0467. The molecule has 0 bridgehead atoms. The molecule has 0 aromatic heterocycles. The zero-order valence-corrected chi connectivity index (χ0v) is 40.4. The number of hydrazine groups is 2. The molecule has 0 saturated heterocycles. The summed E-state index contributed by atoms with van der Waals surface area (Å²) in [5.41, 5.74) is 8.79. The number of hydrogen-bond donors (Lipinski definition) is 2. The van der Waals surface area contributed by atoms with Gasteiger partial charge in [-0.1, -0.05) is 91.0 Å². The summed E-state index contributed by atoms with van der Waals surface area (Å²) < 4.78 is 50.4. The van der Waals surface area contributed by atoms with Crippen molar-refractivity contribution in [1.82, 2.24) is 25.9 Å². The van der Waals surface area contributed by atoms with Crippen LogP contribution in [0.1, 0.15) is 47.8 Å². The molecular weight excluding hydrogens is 901 g/mol. The molecule has 0 aliphatic carbocycles. The molecule has 3 amide bonds. The fraction of sp³-hybridized carbons (Fsp3) is 0.231. The smallest absolute Gasteiger partial charge is 0.274 e. The van der Waals surface area contributed by atoms with E-state index in [0.29, 0.717) is 16.7 Å². The molecule has 6 aromatic carbocycles. The Kier molecular flexibility index (Phi) is 17.6. The number of methoxy groups -OCH3 is 9. The Morgan fingerprint density at radius 3 is 0.929 bits per heavy atom. The molecule has 70 heavy (non-hydrogen) atoms. The second-order valence-corrected chi connectivity index (χ2v) is 15.0. The fourth-order valence-electron chi connectivity index (χ4n) is 7.29. The molecule has 0 aliphatic heterocycles. The minimum Gasteiger partial charge on any atom is -0.493 e. The van der Waals surface area contributed by atoms with Crippen molar-refractivity contribution in [1.29, 1.82) is 0 Å². The Labute approximate surface area is 406 Å². The van der Waals surface area contributed by atoms with Gasteiger partial charge in [0.15, 0.2) is 34.5 Å². The third-order valence-electron chi connectivity index (χ3n) is 10.7. The van der Waals surface area contributed by atoms with Gasteiger partial charge in [0.05, 0.1) is 83.6 Å². The summed E-state index contributed by atoms with van der Waals surface area (Å²) in [5.74, 6) is 0.131. The first-order chi connectivity index (χ1) is 34.0. The normalized spacial score (nSPS) is 10.4. The van der Waals surface area contributed by atoms with Crippen molar-refractivity contribution < 1.29 is 57.0 Å². The summed E-state index contributed by atoms with van der Waals surface area (Å²) in [6, 6.07) is 36.6. The monoisotopic (exact) mass is 956 g/mol. The Bertz CT molecular complexity index is 2560. The van der Waals surface area contributed by atoms with E-state index in [1.165, 1.54) is 115 Å². The SMILES string of the molecule is COc1cc(C(=O)N(Cc2ccccc2)N=C(NN(Cc2ccccc2)C(=O)c2cc(OC)c(OC)c(OC)c2)NN(Cc2ccccc2)C(=O)c2cc(OC)c(OC)c(OC)c2)cc(OC)c1OC. The topological polar surface area (TPSA) is 180 Å². The van der Waals surface area contributed by atoms with Crippen LogP contribution in [0.15, 0.2) is 132 Å². The number of rotatable bonds is 19. The molecular formula is C52H56N6O12. The molecule has 0 heterocycles. The molecule has 366 valence electrons. The average Bonchev–Trinajstić information content (AvgIpc) is 3.41. The van der Waals surface area contributed by atoms with Crippen molar-refractivity contribution in [3.05, 3.63) is 161 Å². The number of nitrogens with one attached hydrogen (secondary N) is 2. The van der Waals surface area contributed by atoms with Crippen molar-refractivity contribution in [3.63, 3.8) is 0 Å². The van der Waals surface area contributed by atoms with E-state index in [1.807, 2.05) is 91.0 Å². The van der Waals surface area contributed by atoms with E-state index >= 15 is 14.4 Å². The van der Waals surface area contributed by atoms with Crippen molar-refractivity contribution >= 4 is 23.7 Å². The van der Waals surface area contributed by atoms with E-state index in [0.717, 1.165) is 0 Å². The standard InChI is InChI=1S/C52H56N6O12/c1-62-40-25-37(26-41(63-2)46(40)68-7)49(59)56(31-34-19-13-10-14-20-34)53-52(54-57(32-35-21-15-11-16-22-35)50(60)38-27-42(64-3)47(69-8)43(28-38)65-4)55-58(33-36-23-17-12-18-24-36)51(61)39-29-44(66-5)48(70-9)45(30-39)67-6/h10-30H,31-33H2,1-9H3,(H2,53,54,55). The zero-order chi connectivity index (χ0) is 50.2. The Morgan fingerprint density at radius 1 is 0.386 bits per heavy atom. The van der Waals surface area contributed by atoms with Crippen LogP contribution in [0.3, 0.4) is 0 Å². The molecule has 0 aliphatic rings. The largest absolute Gasteiger partial charge is 0.493 e. The molecule has 18 heteroatoms. The summed E-state index contributed by atoms with van der Waals surface area (Å²) in [6.07, 6.45) is 0. The van der Waals surface area contributed by atoms with Crippen LogP contribution in [-0.4, -0.2) is 103 Å². The highest BCUT2D eigenvalue weighted by Gasteiger charge is 2.29. The number of carbonyl (C=O) groups is 3. The van der Waals surface area contributed by atoms with E-state index < -0.39 is 17.7 Å². The first-order valence-corrected chi connectivity index (χ1v) is 21.6. The van der Waals surface area contributed by atoms with Gasteiger partial charge < -0.3 is 42.6 Å². The number of benzene rings is 6. The maximum Gasteiger partial charge on any atom is 0.274 e. The second-order valence-electron chi connectivity index (χ2n) is 15.0. The van der Waals surface area contributed by atoms with E-state index in [-0.39, 0.29) is 94.0 Å². The van der Waals surface area contributed by atoms with Gasteiger partial charge in [-0.15, -0.1) is 5.10 Å². The van der Waals surface area contributed by atoms with Gasteiger partial charge in [0, 0.05) is 16.7 Å². The minimum absolute atomic E-state index is 0.0595. The molecule has 6 rings (SSSR count). The summed E-state index contributed by atoms with van der Waals surface area (Å²) >= 11 is 0. The summed E-state index contributed by atoms with van der Waals surface area (Å²) in [7, 11) is 13.0. The highest BCUT2D eigenvalue weighted by Crippen LogP contribution is 2.41. The minimum atomic E-state index is -0.625. The van der Waals surface area contributed by atoms with E-state index in [1.54, 1.807) is 0 Å². The molecule has 2 N–H and O–H groups in total. The van der Waals surface area contributed by atoms with Gasteiger partial charge in [0.1, 0.15) is 0 Å². The summed E-state index contributed by atoms with van der Waals surface area (Å²) in [5, 5.41) is 8.68. The lowest BCUT2D eigenvalue weighted by Gasteiger charge is -2.31. The lowest BCUT2D eigenvalue weighted by Crippen LogP contribution is -2.57. The lowest BCUT2D eigenvalue weighted by atomic mass is 10.1. The summed E-state index contributed by atoms with van der Waals surface area (Å²) in [4.78, 5) is 45.2. The first kappa shape index (κ1) is 50.6. The zero-order valence-electron chi connectivity index (χ0n) is 40.4. The first-order valence-electron chi connectivity index (χ1n) is 21.6. The Morgan fingerprint density at radius 2 is 0.657 bits per heavy atom. The van der Waals surface area contributed by atoms with Crippen LogP contribution in [0.5, 0.6) is 51.7 Å². The van der Waals surface area contributed by atoms with Crippen LogP contribution >= 0.6 is 0 Å². The molecule has 0 atom stereocenters. The van der Waals surface area contributed by atoms with Gasteiger partial charge >= 0.3 is 0 Å². The van der Waals surface area contributed by atoms with Crippen LogP contribution in [-0.2, 0) is 19.6 Å². The van der Waals surface area contributed by atoms with Gasteiger partial charge in [-0.25, -0.2) is 15.0 Å². The lowest BCUT2D eigenvalue weighted by molar-refractivity contribution is 0.0644. The summed E-state index contributed by atoms with van der Waals surface area (Å²) in [6.45, 7) is -0.214. The maximum atomic E-state index is 15.1. The van der Waals surface area contributed by atoms with Gasteiger partial charge in [0.2, 0.25) is 17.2 Å². The van der Waals surface area contributed by atoms with E-state index in [2.05, 4.69) is 10.9 Å². The van der Waals surface area contributed by atoms with E-state index in [4.69, 9.17) is 47.7 Å². The third kappa shape index (κ3) is 12.0. The fourth-order valence-corrected chi connectivity index (χ4v) is 7.29. The Balaban J connectivity index is 1.59. The number of hydrazone groups is 1. The van der Waals surface area contributed by atoms with Gasteiger partial charge in [-0.3, -0.25) is 25.2 Å². The number of hydrogen-bond acceptors (Lipinski definition) is 13. The molecule has 6 aromatic rings. The average molecular weight is 957 g/mol. The predicted molar refractivity (Wildman–Crippen MR) is 261 cm³/mol. The van der Waals surface area contributed by atoms with Gasteiger partial charge in [-0.05, 0) is 53.1 Å². The van der Waals surface area contributed by atoms with Crippen LogP contribution in [0.25, 0.3) is 0 Å².